The number of hydrogen-bond acceptors (Lipinski definition) is 5. The number of nitro benzene ring substituents is 1. The molecule has 1 saturated heterocycles. The van der Waals surface area contributed by atoms with Crippen LogP contribution in [0.3, 0.4) is 0 Å². The molecule has 8 nitrogen and oxygen atoms in total. The third kappa shape index (κ3) is 4.67. The number of rotatable bonds is 6. The molecule has 0 spiro atoms. The summed E-state index contributed by atoms with van der Waals surface area (Å²) in [5, 5.41) is 19.2. The maximum absolute atomic E-state index is 12.0. The normalized spacial score (nSPS) is 14.6. The van der Waals surface area contributed by atoms with E-state index in [0.29, 0.717) is 32.6 Å². The highest BCUT2D eigenvalue weighted by atomic mass is 16.6. The van der Waals surface area contributed by atoms with Crippen LogP contribution < -0.4 is 4.90 Å². The number of amides is 1. The van der Waals surface area contributed by atoms with Gasteiger partial charge in [-0.1, -0.05) is 0 Å². The molecule has 1 amide bonds. The van der Waals surface area contributed by atoms with Crippen molar-refractivity contribution in [2.24, 2.45) is 0 Å². The van der Waals surface area contributed by atoms with Crippen LogP contribution >= 0.6 is 0 Å². The second-order valence-corrected chi connectivity index (χ2v) is 5.39. The van der Waals surface area contributed by atoms with E-state index in [1.165, 1.54) is 12.1 Å². The zero-order chi connectivity index (χ0) is 16.8. The van der Waals surface area contributed by atoms with Gasteiger partial charge in [0.2, 0.25) is 5.91 Å². The summed E-state index contributed by atoms with van der Waals surface area (Å²) >= 11 is 0. The molecule has 0 atom stereocenters. The first-order valence-electron chi connectivity index (χ1n) is 7.46. The van der Waals surface area contributed by atoms with Gasteiger partial charge in [0.15, 0.2) is 0 Å². The number of anilines is 1. The lowest BCUT2D eigenvalue weighted by atomic mass is 10.2. The minimum absolute atomic E-state index is 0.00843. The molecule has 1 N–H and O–H groups in total. The van der Waals surface area contributed by atoms with Gasteiger partial charge in [-0.3, -0.25) is 19.7 Å². The fourth-order valence-electron chi connectivity index (χ4n) is 2.55. The van der Waals surface area contributed by atoms with Gasteiger partial charge in [-0.2, -0.15) is 0 Å². The molecule has 0 bridgehead atoms. The van der Waals surface area contributed by atoms with E-state index in [2.05, 4.69) is 4.90 Å². The van der Waals surface area contributed by atoms with Crippen molar-refractivity contribution in [3.05, 3.63) is 34.4 Å². The molecule has 23 heavy (non-hydrogen) atoms. The van der Waals surface area contributed by atoms with E-state index in [0.717, 1.165) is 5.69 Å². The number of aliphatic carboxylic acids is 1. The van der Waals surface area contributed by atoms with Crippen molar-refractivity contribution in [1.82, 2.24) is 4.90 Å². The molecule has 0 aliphatic carbocycles. The fourth-order valence-corrected chi connectivity index (χ4v) is 2.55. The smallest absolute Gasteiger partial charge is 0.303 e. The van der Waals surface area contributed by atoms with Crippen LogP contribution in [0.4, 0.5) is 11.4 Å². The number of nitro groups is 1. The number of benzene rings is 1. The number of carbonyl (C=O) groups excluding carboxylic acids is 1. The van der Waals surface area contributed by atoms with Crippen LogP contribution in [0.1, 0.15) is 19.3 Å². The summed E-state index contributed by atoms with van der Waals surface area (Å²) in [4.78, 5) is 36.5. The molecule has 1 aromatic carbocycles. The maximum atomic E-state index is 12.0. The van der Waals surface area contributed by atoms with Gasteiger partial charge in [0.05, 0.1) is 4.92 Å². The number of carboxylic acids is 1. The molecule has 124 valence electrons. The SMILES string of the molecule is O=C(O)CCCC(=O)N1CCN(c2ccc([N+](=O)[O-])cc2)CC1. The third-order valence-corrected chi connectivity index (χ3v) is 3.84. The largest absolute Gasteiger partial charge is 0.481 e. The van der Waals surface area contributed by atoms with Crippen LogP contribution in [0.2, 0.25) is 0 Å². The highest BCUT2D eigenvalue weighted by molar-refractivity contribution is 5.77. The lowest BCUT2D eigenvalue weighted by Crippen LogP contribution is -2.48. The van der Waals surface area contributed by atoms with Crippen LogP contribution in [0.25, 0.3) is 0 Å². The number of piperazine rings is 1. The Kier molecular flexibility index (Phi) is 5.51. The van der Waals surface area contributed by atoms with E-state index in [1.54, 1.807) is 17.0 Å². The predicted octanol–water partition coefficient (Wildman–Crippen LogP) is 1.50. The Balaban J connectivity index is 1.82. The summed E-state index contributed by atoms with van der Waals surface area (Å²) < 4.78 is 0. The van der Waals surface area contributed by atoms with Gasteiger partial charge in [0.1, 0.15) is 0 Å². The summed E-state index contributed by atoms with van der Waals surface area (Å²) in [5.74, 6) is -0.907. The molecule has 2 rings (SSSR count). The monoisotopic (exact) mass is 321 g/mol. The first kappa shape index (κ1) is 16.7. The van der Waals surface area contributed by atoms with Crippen LogP contribution in [-0.4, -0.2) is 53.0 Å². The molecule has 1 heterocycles. The Labute approximate surface area is 133 Å². The highest BCUT2D eigenvalue weighted by Gasteiger charge is 2.21. The van der Waals surface area contributed by atoms with Gasteiger partial charge in [-0.25, -0.2) is 0 Å². The van der Waals surface area contributed by atoms with Gasteiger partial charge >= 0.3 is 5.97 Å². The molecule has 1 aliphatic rings. The first-order valence-corrected chi connectivity index (χ1v) is 7.46. The zero-order valence-electron chi connectivity index (χ0n) is 12.7. The number of carbonyl (C=O) groups is 2. The number of nitrogens with zero attached hydrogens (tertiary/aromatic N) is 3. The van der Waals surface area contributed by atoms with Crippen molar-refractivity contribution in [1.29, 1.82) is 0 Å². The van der Waals surface area contributed by atoms with Crippen LogP contribution in [0.5, 0.6) is 0 Å². The Morgan fingerprint density at radius 1 is 1.09 bits per heavy atom. The van der Waals surface area contributed by atoms with Gasteiger partial charge in [-0.15, -0.1) is 0 Å². The van der Waals surface area contributed by atoms with E-state index in [-0.39, 0.29) is 24.4 Å². The topological polar surface area (TPSA) is 104 Å². The second kappa shape index (κ2) is 7.57. The average molecular weight is 321 g/mol. The quantitative estimate of drug-likeness (QED) is 0.629. The van der Waals surface area contributed by atoms with Crippen molar-refractivity contribution in [2.45, 2.75) is 19.3 Å². The van der Waals surface area contributed by atoms with Gasteiger partial charge in [0, 0.05) is 56.8 Å². The van der Waals surface area contributed by atoms with Crippen molar-refractivity contribution in [2.75, 3.05) is 31.1 Å². The lowest BCUT2D eigenvalue weighted by molar-refractivity contribution is -0.384. The molecule has 1 aliphatic heterocycles. The molecule has 1 fully saturated rings. The molecule has 8 heteroatoms. The van der Waals surface area contributed by atoms with E-state index < -0.39 is 10.9 Å². The van der Waals surface area contributed by atoms with Crippen molar-refractivity contribution in [3.8, 4) is 0 Å². The Morgan fingerprint density at radius 3 is 2.22 bits per heavy atom. The number of carboxylic acid groups (broad SMARTS) is 1. The van der Waals surface area contributed by atoms with Gasteiger partial charge in [-0.05, 0) is 18.6 Å². The zero-order valence-corrected chi connectivity index (χ0v) is 12.7. The summed E-state index contributed by atoms with van der Waals surface area (Å²) in [6, 6.07) is 6.36. The van der Waals surface area contributed by atoms with E-state index in [9.17, 15) is 19.7 Å². The molecule has 0 aromatic heterocycles. The molecule has 0 radical (unpaired) electrons. The predicted molar refractivity (Wildman–Crippen MR) is 83.4 cm³/mol. The van der Waals surface area contributed by atoms with Crippen LogP contribution in [0, 0.1) is 10.1 Å². The molecule has 0 unspecified atom stereocenters. The number of hydrogen-bond donors (Lipinski definition) is 1. The van der Waals surface area contributed by atoms with Crippen LogP contribution in [0.15, 0.2) is 24.3 Å². The van der Waals surface area contributed by atoms with E-state index >= 15 is 0 Å². The summed E-state index contributed by atoms with van der Waals surface area (Å²) in [6.45, 7) is 2.46. The summed E-state index contributed by atoms with van der Waals surface area (Å²) in [6.07, 6.45) is 0.620. The Bertz CT molecular complexity index is 579. The molecular formula is C15H19N3O5. The minimum atomic E-state index is -0.888. The van der Waals surface area contributed by atoms with E-state index in [4.69, 9.17) is 5.11 Å². The van der Waals surface area contributed by atoms with Gasteiger partial charge in [0.25, 0.3) is 5.69 Å². The average Bonchev–Trinajstić information content (AvgIpc) is 2.54. The second-order valence-electron chi connectivity index (χ2n) is 5.39. The first-order chi connectivity index (χ1) is 11.0. The standard InChI is InChI=1S/C15H19N3O5/c19-14(2-1-3-15(20)21)17-10-8-16(9-11-17)12-4-6-13(7-5-12)18(22)23/h4-7H,1-3,8-11H2,(H,20,21). The Hall–Kier alpha value is -2.64. The summed E-state index contributed by atoms with van der Waals surface area (Å²) in [5.41, 5.74) is 0.953. The van der Waals surface area contributed by atoms with Crippen molar-refractivity contribution < 1.29 is 19.6 Å². The number of non-ortho nitro benzene ring substituents is 1. The maximum Gasteiger partial charge on any atom is 0.303 e. The Morgan fingerprint density at radius 2 is 1.70 bits per heavy atom. The highest BCUT2D eigenvalue weighted by Crippen LogP contribution is 2.20. The van der Waals surface area contributed by atoms with E-state index in [1.807, 2.05) is 0 Å². The van der Waals surface area contributed by atoms with Crippen molar-refractivity contribution >= 4 is 23.3 Å². The minimum Gasteiger partial charge on any atom is -0.481 e. The van der Waals surface area contributed by atoms with Gasteiger partial charge < -0.3 is 14.9 Å². The summed E-state index contributed by atoms with van der Waals surface area (Å²) in [7, 11) is 0. The lowest BCUT2D eigenvalue weighted by Gasteiger charge is -2.36. The fraction of sp³-hybridized carbons (Fsp3) is 0.467. The molecular weight excluding hydrogens is 302 g/mol. The molecule has 0 saturated carbocycles. The van der Waals surface area contributed by atoms with Crippen LogP contribution in [-0.2, 0) is 9.59 Å². The molecule has 1 aromatic rings. The third-order valence-electron chi connectivity index (χ3n) is 3.84. The van der Waals surface area contributed by atoms with Crippen molar-refractivity contribution in [3.63, 3.8) is 0 Å².